The Labute approximate surface area is 106 Å². The number of halogens is 1. The molecule has 0 bridgehead atoms. The first kappa shape index (κ1) is 12.2. The summed E-state index contributed by atoms with van der Waals surface area (Å²) >= 11 is 5.76. The van der Waals surface area contributed by atoms with Crippen LogP contribution in [0, 0.1) is 5.92 Å². The molecule has 0 heterocycles. The average molecular weight is 254 g/mol. The molecule has 2 rings (SSSR count). The predicted molar refractivity (Wildman–Crippen MR) is 68.2 cm³/mol. The summed E-state index contributed by atoms with van der Waals surface area (Å²) in [5.74, 6) is 0.590. The monoisotopic (exact) mass is 253 g/mol. The Balaban J connectivity index is 1.62. The van der Waals surface area contributed by atoms with Crippen LogP contribution in [0.4, 0.5) is 5.69 Å². The van der Waals surface area contributed by atoms with E-state index in [9.17, 15) is 4.79 Å². The van der Waals surface area contributed by atoms with Gasteiger partial charge in [-0.15, -0.1) is 0 Å². The molecule has 1 N–H and O–H groups in total. The number of hydrogen-bond acceptors (Lipinski definition) is 3. The highest BCUT2D eigenvalue weighted by Crippen LogP contribution is 2.32. The van der Waals surface area contributed by atoms with Crippen molar-refractivity contribution in [3.05, 3.63) is 29.3 Å². The van der Waals surface area contributed by atoms with E-state index in [1.807, 2.05) is 12.1 Å². The van der Waals surface area contributed by atoms with Gasteiger partial charge >= 0.3 is 5.97 Å². The van der Waals surface area contributed by atoms with Crippen LogP contribution in [0.15, 0.2) is 24.3 Å². The number of hydrogen-bond donors (Lipinski definition) is 1. The fraction of sp³-hybridized carbons (Fsp3) is 0.462. The summed E-state index contributed by atoms with van der Waals surface area (Å²) in [5.41, 5.74) is 0.869. The van der Waals surface area contributed by atoms with Crippen molar-refractivity contribution in [2.45, 2.75) is 19.3 Å². The van der Waals surface area contributed by atoms with Gasteiger partial charge < -0.3 is 10.1 Å². The fourth-order valence-electron chi connectivity index (χ4n) is 1.54. The average Bonchev–Trinajstić information content (AvgIpc) is 3.12. The Kier molecular flexibility index (Phi) is 4.26. The molecule has 1 aliphatic carbocycles. The lowest BCUT2D eigenvalue weighted by molar-refractivity contribution is -0.141. The molecule has 92 valence electrons. The Morgan fingerprint density at radius 2 is 2.06 bits per heavy atom. The molecule has 0 amide bonds. The van der Waals surface area contributed by atoms with E-state index < -0.39 is 0 Å². The zero-order valence-electron chi connectivity index (χ0n) is 9.62. The summed E-state index contributed by atoms with van der Waals surface area (Å²) in [5, 5.41) is 3.68. The van der Waals surface area contributed by atoms with Gasteiger partial charge in [0.1, 0.15) is 6.54 Å². The summed E-state index contributed by atoms with van der Waals surface area (Å²) in [7, 11) is 0. The smallest absolute Gasteiger partial charge is 0.325 e. The summed E-state index contributed by atoms with van der Waals surface area (Å²) in [4.78, 5) is 11.4. The Hall–Kier alpha value is -1.22. The van der Waals surface area contributed by atoms with Gasteiger partial charge in [-0.25, -0.2) is 0 Å². The van der Waals surface area contributed by atoms with Crippen LogP contribution in [0.25, 0.3) is 0 Å². The number of carbonyl (C=O) groups is 1. The number of ether oxygens (including phenoxy) is 1. The van der Waals surface area contributed by atoms with Crippen LogP contribution in [0.5, 0.6) is 0 Å². The van der Waals surface area contributed by atoms with Gasteiger partial charge in [0, 0.05) is 10.7 Å². The lowest BCUT2D eigenvalue weighted by Gasteiger charge is -2.07. The van der Waals surface area contributed by atoms with Crippen molar-refractivity contribution in [2.75, 3.05) is 18.5 Å². The number of rotatable bonds is 6. The molecule has 4 heteroatoms. The molecule has 1 aromatic rings. The molecule has 3 nitrogen and oxygen atoms in total. The molecule has 1 fully saturated rings. The van der Waals surface area contributed by atoms with E-state index >= 15 is 0 Å². The van der Waals surface area contributed by atoms with Gasteiger partial charge in [-0.2, -0.15) is 0 Å². The van der Waals surface area contributed by atoms with E-state index in [0.29, 0.717) is 11.6 Å². The summed E-state index contributed by atoms with van der Waals surface area (Å²) < 4.78 is 5.11. The lowest BCUT2D eigenvalue weighted by Crippen LogP contribution is -2.17. The largest absolute Gasteiger partial charge is 0.464 e. The Bertz CT molecular complexity index is 374. The second-order valence-electron chi connectivity index (χ2n) is 4.31. The minimum Gasteiger partial charge on any atom is -0.464 e. The third-order valence-corrected chi connectivity index (χ3v) is 3.02. The van der Waals surface area contributed by atoms with E-state index in [0.717, 1.165) is 18.0 Å². The molecule has 0 aliphatic heterocycles. The van der Waals surface area contributed by atoms with E-state index in [1.54, 1.807) is 12.1 Å². The summed E-state index contributed by atoms with van der Waals surface area (Å²) in [6, 6.07) is 7.23. The third kappa shape index (κ3) is 4.65. The Morgan fingerprint density at radius 3 is 2.71 bits per heavy atom. The second kappa shape index (κ2) is 5.92. The van der Waals surface area contributed by atoms with Crippen LogP contribution in [-0.2, 0) is 9.53 Å². The first-order valence-corrected chi connectivity index (χ1v) is 6.27. The zero-order chi connectivity index (χ0) is 12.1. The van der Waals surface area contributed by atoms with Gasteiger partial charge in [0.25, 0.3) is 0 Å². The van der Waals surface area contributed by atoms with E-state index in [2.05, 4.69) is 5.32 Å². The Morgan fingerprint density at radius 1 is 1.35 bits per heavy atom. The van der Waals surface area contributed by atoms with Crippen molar-refractivity contribution >= 4 is 23.3 Å². The lowest BCUT2D eigenvalue weighted by atomic mass is 10.3. The van der Waals surface area contributed by atoms with Gasteiger partial charge in [0.2, 0.25) is 0 Å². The third-order valence-electron chi connectivity index (χ3n) is 2.77. The predicted octanol–water partition coefficient (Wildman–Crippen LogP) is 3.10. The molecule has 0 atom stereocenters. The molecule has 1 aromatic carbocycles. The molecule has 0 aromatic heterocycles. The quantitative estimate of drug-likeness (QED) is 0.792. The van der Waals surface area contributed by atoms with Crippen molar-refractivity contribution in [1.82, 2.24) is 0 Å². The van der Waals surface area contributed by atoms with Crippen molar-refractivity contribution in [3.8, 4) is 0 Å². The van der Waals surface area contributed by atoms with Crippen molar-refractivity contribution in [1.29, 1.82) is 0 Å². The van der Waals surface area contributed by atoms with Crippen molar-refractivity contribution in [3.63, 3.8) is 0 Å². The number of esters is 1. The molecule has 17 heavy (non-hydrogen) atoms. The molecule has 1 saturated carbocycles. The number of benzene rings is 1. The normalized spacial score (nSPS) is 14.4. The molecule has 0 radical (unpaired) electrons. The van der Waals surface area contributed by atoms with E-state index in [1.165, 1.54) is 12.8 Å². The maximum absolute atomic E-state index is 11.4. The van der Waals surface area contributed by atoms with Gasteiger partial charge in [-0.05, 0) is 36.6 Å². The molecule has 0 saturated heterocycles. The van der Waals surface area contributed by atoms with Gasteiger partial charge in [-0.1, -0.05) is 24.4 Å². The number of nitrogens with one attached hydrogen (secondary N) is 1. The fourth-order valence-corrected chi connectivity index (χ4v) is 1.66. The summed E-state index contributed by atoms with van der Waals surface area (Å²) in [6.45, 7) is 0.748. The molecule has 0 unspecified atom stereocenters. The highest BCUT2D eigenvalue weighted by atomic mass is 35.5. The van der Waals surface area contributed by atoms with Crippen LogP contribution < -0.4 is 5.32 Å². The standard InChI is InChI=1S/C13H16ClNO2/c14-11-3-5-12(6-4-11)15-9-13(16)17-8-7-10-1-2-10/h3-6,10,15H,1-2,7-9H2. The topological polar surface area (TPSA) is 38.3 Å². The van der Waals surface area contributed by atoms with Crippen molar-refractivity contribution in [2.24, 2.45) is 5.92 Å². The maximum atomic E-state index is 11.4. The minimum atomic E-state index is -0.208. The first-order chi connectivity index (χ1) is 8.24. The van der Waals surface area contributed by atoms with Gasteiger partial charge in [-0.3, -0.25) is 4.79 Å². The zero-order valence-corrected chi connectivity index (χ0v) is 10.4. The number of carbonyl (C=O) groups excluding carboxylic acids is 1. The second-order valence-corrected chi connectivity index (χ2v) is 4.75. The van der Waals surface area contributed by atoms with Crippen LogP contribution in [0.2, 0.25) is 5.02 Å². The van der Waals surface area contributed by atoms with Crippen LogP contribution in [-0.4, -0.2) is 19.1 Å². The molecular weight excluding hydrogens is 238 g/mol. The SMILES string of the molecule is O=C(CNc1ccc(Cl)cc1)OCCC1CC1. The first-order valence-electron chi connectivity index (χ1n) is 5.89. The van der Waals surface area contributed by atoms with Gasteiger partial charge in [0.05, 0.1) is 6.61 Å². The summed E-state index contributed by atoms with van der Waals surface area (Å²) in [6.07, 6.45) is 3.59. The van der Waals surface area contributed by atoms with Crippen LogP contribution in [0.1, 0.15) is 19.3 Å². The number of anilines is 1. The van der Waals surface area contributed by atoms with E-state index in [4.69, 9.17) is 16.3 Å². The van der Waals surface area contributed by atoms with E-state index in [-0.39, 0.29) is 12.5 Å². The highest BCUT2D eigenvalue weighted by Gasteiger charge is 2.21. The molecular formula is C13H16ClNO2. The van der Waals surface area contributed by atoms with Crippen LogP contribution in [0.3, 0.4) is 0 Å². The van der Waals surface area contributed by atoms with Crippen LogP contribution >= 0.6 is 11.6 Å². The molecule has 0 spiro atoms. The van der Waals surface area contributed by atoms with Gasteiger partial charge in [0.15, 0.2) is 0 Å². The molecule has 1 aliphatic rings. The van der Waals surface area contributed by atoms with Crippen molar-refractivity contribution < 1.29 is 9.53 Å². The maximum Gasteiger partial charge on any atom is 0.325 e. The minimum absolute atomic E-state index is 0.201. The highest BCUT2D eigenvalue weighted by molar-refractivity contribution is 6.30.